The number of alkyl halides is 1. The number of amides is 2. The predicted molar refractivity (Wildman–Crippen MR) is 132 cm³/mol. The molecule has 7 rings (SSSR count). The number of halogens is 1. The monoisotopic (exact) mass is 501 g/mol. The molecule has 11 heteroatoms. The summed E-state index contributed by atoms with van der Waals surface area (Å²) in [5, 5.41) is 14.2. The van der Waals surface area contributed by atoms with E-state index in [1.165, 1.54) is 0 Å². The van der Waals surface area contributed by atoms with Crippen LogP contribution in [0.4, 0.5) is 15.8 Å². The van der Waals surface area contributed by atoms with Crippen LogP contribution in [0.3, 0.4) is 0 Å². The summed E-state index contributed by atoms with van der Waals surface area (Å²) in [4.78, 5) is 31.5. The minimum Gasteiger partial charge on any atom is -0.370 e. The molecular weight excluding hydrogens is 477 g/mol. The number of nitrogens with zero attached hydrogens (tertiary/aromatic N) is 5. The minimum absolute atomic E-state index is 0.0118. The van der Waals surface area contributed by atoms with Gasteiger partial charge in [-0.3, -0.25) is 9.59 Å². The van der Waals surface area contributed by atoms with E-state index in [9.17, 15) is 14.0 Å². The van der Waals surface area contributed by atoms with Crippen molar-refractivity contribution in [3.05, 3.63) is 59.7 Å². The summed E-state index contributed by atoms with van der Waals surface area (Å²) >= 11 is 0. The molecule has 2 atom stereocenters. The zero-order chi connectivity index (χ0) is 25.3. The zero-order valence-corrected chi connectivity index (χ0v) is 20.1. The third-order valence-corrected chi connectivity index (χ3v) is 7.58. The van der Waals surface area contributed by atoms with E-state index < -0.39 is 6.17 Å². The van der Waals surface area contributed by atoms with E-state index in [-0.39, 0.29) is 23.1 Å². The van der Waals surface area contributed by atoms with Crippen molar-refractivity contribution in [2.24, 2.45) is 5.41 Å². The Kier molecular flexibility index (Phi) is 4.66. The molecule has 1 aromatic carbocycles. The van der Waals surface area contributed by atoms with Gasteiger partial charge in [-0.2, -0.15) is 10.1 Å². The average molecular weight is 502 g/mol. The van der Waals surface area contributed by atoms with Gasteiger partial charge in [0.25, 0.3) is 5.91 Å². The smallest absolute Gasteiger partial charge is 0.259 e. The largest absolute Gasteiger partial charge is 0.370 e. The third kappa shape index (κ3) is 3.73. The average Bonchev–Trinajstić information content (AvgIpc) is 3.27. The van der Waals surface area contributed by atoms with E-state index in [2.05, 4.69) is 30.8 Å². The molecule has 3 fully saturated rings. The van der Waals surface area contributed by atoms with E-state index in [4.69, 9.17) is 4.52 Å². The second kappa shape index (κ2) is 7.86. The van der Waals surface area contributed by atoms with Gasteiger partial charge in [0.1, 0.15) is 6.17 Å². The Hall–Kier alpha value is -4.28. The van der Waals surface area contributed by atoms with Crippen molar-refractivity contribution in [3.63, 3.8) is 0 Å². The minimum atomic E-state index is -0.918. The fraction of sp³-hybridized carbons (Fsp3) is 0.346. The Bertz CT molecular complexity index is 1570. The summed E-state index contributed by atoms with van der Waals surface area (Å²) in [6, 6.07) is 9.42. The summed E-state index contributed by atoms with van der Waals surface area (Å²) in [6.45, 7) is 4.21. The van der Waals surface area contributed by atoms with Crippen LogP contribution in [0.1, 0.15) is 40.6 Å². The quantitative estimate of drug-likeness (QED) is 0.432. The molecule has 1 spiro atoms. The molecule has 2 N–H and O–H groups in total. The lowest BCUT2D eigenvalue weighted by Gasteiger charge is -2.48. The first-order valence-electron chi connectivity index (χ1n) is 12.3. The first kappa shape index (κ1) is 22.0. The molecule has 4 aromatic rings. The van der Waals surface area contributed by atoms with E-state index in [1.807, 2.05) is 37.4 Å². The fourth-order valence-electron chi connectivity index (χ4n) is 5.27. The molecule has 3 aromatic heterocycles. The molecular formula is C26H24FN7O3. The number of rotatable bonds is 5. The molecule has 1 saturated carbocycles. The number of aromatic nitrogens is 4. The number of carbonyl (C=O) groups excluding carboxylic acids is 2. The molecule has 1 aliphatic carbocycles. The lowest BCUT2D eigenvalue weighted by atomic mass is 9.78. The van der Waals surface area contributed by atoms with Gasteiger partial charge in [-0.05, 0) is 37.1 Å². The third-order valence-electron chi connectivity index (χ3n) is 7.58. The number of pyridine rings is 1. The van der Waals surface area contributed by atoms with Crippen molar-refractivity contribution in [1.29, 1.82) is 0 Å². The van der Waals surface area contributed by atoms with Crippen molar-refractivity contribution in [2.75, 3.05) is 29.9 Å². The zero-order valence-electron chi connectivity index (χ0n) is 20.1. The standard InChI is InChI=1S/C26H24FN7O3/c1-14-2-3-15(23-31-25(37-32-23)17-8-19(17)27)6-20(14)30-24(36)18-10-29-34-5-4-16(7-21(18)34)33-12-26(13-33)9-22(35)28-11-26/h2-7,10,17,19H,8-9,11-13H2,1H3,(H,28,35)(H,30,36)/t17-,19-/m0/s1. The maximum atomic E-state index is 13.4. The van der Waals surface area contributed by atoms with Crippen molar-refractivity contribution >= 4 is 28.7 Å². The Morgan fingerprint density at radius 2 is 2.11 bits per heavy atom. The highest BCUT2D eigenvalue weighted by molar-refractivity contribution is 6.09. The van der Waals surface area contributed by atoms with Crippen molar-refractivity contribution < 1.29 is 18.5 Å². The summed E-state index contributed by atoms with van der Waals surface area (Å²) in [5.74, 6) is 0.173. The van der Waals surface area contributed by atoms with Crippen LogP contribution in [0.2, 0.25) is 0 Å². The van der Waals surface area contributed by atoms with Crippen LogP contribution in [-0.4, -0.2) is 57.4 Å². The van der Waals surface area contributed by atoms with Gasteiger partial charge in [0, 0.05) is 54.6 Å². The second-order valence-electron chi connectivity index (χ2n) is 10.4. The van der Waals surface area contributed by atoms with Gasteiger partial charge < -0.3 is 20.1 Å². The summed E-state index contributed by atoms with van der Waals surface area (Å²) in [7, 11) is 0. The van der Waals surface area contributed by atoms with Gasteiger partial charge in [-0.15, -0.1) is 0 Å². The number of anilines is 2. The first-order valence-corrected chi connectivity index (χ1v) is 12.3. The molecule has 2 saturated heterocycles. The number of aryl methyl sites for hydroxylation is 1. The van der Waals surface area contributed by atoms with Gasteiger partial charge >= 0.3 is 0 Å². The predicted octanol–water partition coefficient (Wildman–Crippen LogP) is 3.10. The maximum Gasteiger partial charge on any atom is 0.259 e. The molecule has 188 valence electrons. The molecule has 5 heterocycles. The van der Waals surface area contributed by atoms with Crippen LogP contribution in [0, 0.1) is 12.3 Å². The van der Waals surface area contributed by atoms with Crippen LogP contribution in [0.5, 0.6) is 0 Å². The van der Waals surface area contributed by atoms with E-state index in [1.54, 1.807) is 16.8 Å². The number of benzene rings is 1. The summed E-state index contributed by atoms with van der Waals surface area (Å²) in [5.41, 5.74) is 4.29. The number of hydrogen-bond acceptors (Lipinski definition) is 7. The highest BCUT2D eigenvalue weighted by atomic mass is 19.1. The molecule has 3 aliphatic rings. The lowest BCUT2D eigenvalue weighted by Crippen LogP contribution is -2.57. The fourth-order valence-corrected chi connectivity index (χ4v) is 5.27. The van der Waals surface area contributed by atoms with Crippen LogP contribution in [-0.2, 0) is 4.79 Å². The molecule has 0 unspecified atom stereocenters. The van der Waals surface area contributed by atoms with Crippen molar-refractivity contribution in [3.8, 4) is 11.4 Å². The highest BCUT2D eigenvalue weighted by Gasteiger charge is 2.48. The van der Waals surface area contributed by atoms with Gasteiger partial charge in [0.15, 0.2) is 0 Å². The van der Waals surface area contributed by atoms with Crippen LogP contribution in [0.25, 0.3) is 16.9 Å². The molecule has 0 radical (unpaired) electrons. The molecule has 2 amide bonds. The van der Waals surface area contributed by atoms with E-state index in [0.29, 0.717) is 53.4 Å². The topological polar surface area (TPSA) is 118 Å². The first-order chi connectivity index (χ1) is 17.9. The van der Waals surface area contributed by atoms with Crippen LogP contribution >= 0.6 is 0 Å². The van der Waals surface area contributed by atoms with Gasteiger partial charge in [0.2, 0.25) is 17.6 Å². The Balaban J connectivity index is 1.11. The molecule has 2 aliphatic heterocycles. The summed E-state index contributed by atoms with van der Waals surface area (Å²) < 4.78 is 20.3. The van der Waals surface area contributed by atoms with Crippen molar-refractivity contribution in [2.45, 2.75) is 31.9 Å². The lowest BCUT2D eigenvalue weighted by molar-refractivity contribution is -0.119. The Morgan fingerprint density at radius 1 is 1.27 bits per heavy atom. The summed E-state index contributed by atoms with van der Waals surface area (Å²) in [6.07, 6.45) is 3.45. The van der Waals surface area contributed by atoms with Gasteiger partial charge in [0.05, 0.1) is 23.2 Å². The number of nitrogens with one attached hydrogen (secondary N) is 2. The molecule has 10 nitrogen and oxygen atoms in total. The van der Waals surface area contributed by atoms with Crippen molar-refractivity contribution in [1.82, 2.24) is 25.1 Å². The van der Waals surface area contributed by atoms with E-state index >= 15 is 0 Å². The van der Waals surface area contributed by atoms with E-state index in [0.717, 1.165) is 24.3 Å². The maximum absolute atomic E-state index is 13.4. The Labute approximate surface area is 210 Å². The normalized spacial score (nSPS) is 21.8. The number of hydrogen-bond donors (Lipinski definition) is 2. The molecule has 0 bridgehead atoms. The van der Waals surface area contributed by atoms with Gasteiger partial charge in [-0.25, -0.2) is 8.91 Å². The number of fused-ring (bicyclic) bond motifs is 1. The Morgan fingerprint density at radius 3 is 2.86 bits per heavy atom. The highest BCUT2D eigenvalue weighted by Crippen LogP contribution is 2.43. The van der Waals surface area contributed by atoms with Gasteiger partial charge in [-0.1, -0.05) is 17.3 Å². The van der Waals surface area contributed by atoms with Crippen LogP contribution < -0.4 is 15.5 Å². The van der Waals surface area contributed by atoms with Crippen LogP contribution in [0.15, 0.2) is 47.2 Å². The SMILES string of the molecule is Cc1ccc(-c2noc([C@H]3C[C@@H]3F)n2)cc1NC(=O)c1cnn2ccc(N3CC4(CNC(=O)C4)C3)cc12. The molecule has 37 heavy (non-hydrogen) atoms. The second-order valence-corrected chi connectivity index (χ2v) is 10.4. The number of carbonyl (C=O) groups is 2.